The molecule has 0 aliphatic rings. The Hall–Kier alpha value is -2.76. The summed E-state index contributed by atoms with van der Waals surface area (Å²) in [5, 5.41) is 10.8. The smallest absolute Gasteiger partial charge is 0.269 e. The summed E-state index contributed by atoms with van der Waals surface area (Å²) in [5.41, 5.74) is 4.97. The normalized spacial score (nSPS) is 11.1. The molecule has 0 N–H and O–H groups in total. The molecule has 6 nitrogen and oxygen atoms in total. The van der Waals surface area contributed by atoms with Gasteiger partial charge in [0, 0.05) is 24.2 Å². The Morgan fingerprint density at radius 2 is 1.87 bits per heavy atom. The molecule has 2 heterocycles. The van der Waals surface area contributed by atoms with Gasteiger partial charge in [-0.15, -0.1) is 0 Å². The summed E-state index contributed by atoms with van der Waals surface area (Å²) >= 11 is 0. The standard InChI is InChI=1S/C17H18N4O2/c1-4-16-19-15-9-11(2)12(3)18-17(15)20(16)10-13-5-7-14(8-6-13)21(22)23/h5-9H,4,10H2,1-3H3. The van der Waals surface area contributed by atoms with Gasteiger partial charge in [-0.3, -0.25) is 10.1 Å². The number of rotatable bonds is 4. The minimum absolute atomic E-state index is 0.101. The predicted molar refractivity (Wildman–Crippen MR) is 88.6 cm³/mol. The van der Waals surface area contributed by atoms with Gasteiger partial charge in [-0.05, 0) is 31.0 Å². The molecule has 0 bridgehead atoms. The molecule has 0 spiro atoms. The SMILES string of the molecule is CCc1nc2cc(C)c(C)nc2n1Cc1ccc([N+](=O)[O-])cc1. The van der Waals surface area contributed by atoms with Crippen molar-refractivity contribution in [3.63, 3.8) is 0 Å². The van der Waals surface area contributed by atoms with E-state index in [9.17, 15) is 10.1 Å². The second-order valence-electron chi connectivity index (χ2n) is 5.62. The third-order valence-corrected chi connectivity index (χ3v) is 4.05. The molecular formula is C17H18N4O2. The summed E-state index contributed by atoms with van der Waals surface area (Å²) in [7, 11) is 0. The number of fused-ring (bicyclic) bond motifs is 1. The number of non-ortho nitro benzene ring substituents is 1. The monoisotopic (exact) mass is 310 g/mol. The van der Waals surface area contributed by atoms with E-state index >= 15 is 0 Å². The van der Waals surface area contributed by atoms with E-state index in [1.807, 2.05) is 13.8 Å². The van der Waals surface area contributed by atoms with Crippen LogP contribution in [0.2, 0.25) is 0 Å². The van der Waals surface area contributed by atoms with E-state index in [-0.39, 0.29) is 10.6 Å². The summed E-state index contributed by atoms with van der Waals surface area (Å²) in [5.74, 6) is 0.968. The van der Waals surface area contributed by atoms with Crippen molar-refractivity contribution in [1.29, 1.82) is 0 Å². The van der Waals surface area contributed by atoms with Crippen molar-refractivity contribution in [1.82, 2.24) is 14.5 Å². The van der Waals surface area contributed by atoms with Crippen LogP contribution in [0.25, 0.3) is 11.2 Å². The van der Waals surface area contributed by atoms with Crippen LogP contribution >= 0.6 is 0 Å². The van der Waals surface area contributed by atoms with E-state index in [2.05, 4.69) is 27.5 Å². The maximum Gasteiger partial charge on any atom is 0.269 e. The van der Waals surface area contributed by atoms with Crippen LogP contribution < -0.4 is 0 Å². The quantitative estimate of drug-likeness (QED) is 0.545. The molecule has 23 heavy (non-hydrogen) atoms. The molecule has 0 amide bonds. The summed E-state index contributed by atoms with van der Waals surface area (Å²) < 4.78 is 2.09. The molecule has 0 unspecified atom stereocenters. The number of imidazole rings is 1. The average Bonchev–Trinajstić information content (AvgIpc) is 2.85. The molecule has 3 aromatic rings. The maximum atomic E-state index is 10.8. The highest BCUT2D eigenvalue weighted by molar-refractivity contribution is 5.73. The summed E-state index contributed by atoms with van der Waals surface area (Å²) in [6.45, 7) is 6.69. The van der Waals surface area contributed by atoms with Gasteiger partial charge in [-0.25, -0.2) is 9.97 Å². The van der Waals surface area contributed by atoms with E-state index in [0.29, 0.717) is 6.54 Å². The first kappa shape index (κ1) is 15.1. The van der Waals surface area contributed by atoms with Crippen molar-refractivity contribution in [3.05, 3.63) is 63.1 Å². The molecule has 0 saturated heterocycles. The number of nitrogens with zero attached hydrogens (tertiary/aromatic N) is 4. The van der Waals surface area contributed by atoms with Gasteiger partial charge in [0.15, 0.2) is 5.65 Å². The first-order valence-corrected chi connectivity index (χ1v) is 7.56. The molecule has 0 aliphatic heterocycles. The van der Waals surface area contributed by atoms with Gasteiger partial charge in [-0.1, -0.05) is 19.1 Å². The van der Waals surface area contributed by atoms with Crippen molar-refractivity contribution in [2.45, 2.75) is 33.7 Å². The van der Waals surface area contributed by atoms with Crippen molar-refractivity contribution in [2.24, 2.45) is 0 Å². The maximum absolute atomic E-state index is 10.8. The van der Waals surface area contributed by atoms with Crippen LogP contribution in [-0.2, 0) is 13.0 Å². The number of nitro groups is 1. The van der Waals surface area contributed by atoms with Crippen LogP contribution in [0.4, 0.5) is 5.69 Å². The highest BCUT2D eigenvalue weighted by Gasteiger charge is 2.13. The molecule has 1 aromatic carbocycles. The number of nitro benzene ring substituents is 1. The Morgan fingerprint density at radius 1 is 1.17 bits per heavy atom. The van der Waals surface area contributed by atoms with E-state index in [0.717, 1.165) is 40.2 Å². The molecule has 0 radical (unpaired) electrons. The predicted octanol–water partition coefficient (Wildman–Crippen LogP) is 3.57. The van der Waals surface area contributed by atoms with E-state index in [4.69, 9.17) is 0 Å². The lowest BCUT2D eigenvalue weighted by molar-refractivity contribution is -0.384. The molecule has 3 rings (SSSR count). The number of aromatic nitrogens is 3. The first-order valence-electron chi connectivity index (χ1n) is 7.56. The second kappa shape index (κ2) is 5.79. The number of pyridine rings is 1. The van der Waals surface area contributed by atoms with Crippen LogP contribution in [0.1, 0.15) is 29.6 Å². The molecule has 0 aliphatic carbocycles. The van der Waals surface area contributed by atoms with Crippen molar-refractivity contribution in [2.75, 3.05) is 0 Å². The second-order valence-corrected chi connectivity index (χ2v) is 5.62. The zero-order chi connectivity index (χ0) is 16.6. The Labute approximate surface area is 134 Å². The minimum atomic E-state index is -0.387. The lowest BCUT2D eigenvalue weighted by atomic mass is 10.2. The zero-order valence-electron chi connectivity index (χ0n) is 13.4. The Balaban J connectivity index is 2.04. The van der Waals surface area contributed by atoms with Crippen LogP contribution in [-0.4, -0.2) is 19.5 Å². The third kappa shape index (κ3) is 2.79. The van der Waals surface area contributed by atoms with Crippen LogP contribution in [0, 0.1) is 24.0 Å². The molecule has 118 valence electrons. The lowest BCUT2D eigenvalue weighted by Gasteiger charge is -2.08. The minimum Gasteiger partial charge on any atom is -0.308 e. The van der Waals surface area contributed by atoms with Gasteiger partial charge < -0.3 is 4.57 Å². The third-order valence-electron chi connectivity index (χ3n) is 4.05. The highest BCUT2D eigenvalue weighted by atomic mass is 16.6. The zero-order valence-corrected chi connectivity index (χ0v) is 13.4. The Kier molecular flexibility index (Phi) is 3.82. The topological polar surface area (TPSA) is 73.8 Å². The van der Waals surface area contributed by atoms with Gasteiger partial charge in [-0.2, -0.15) is 0 Å². The number of aryl methyl sites for hydroxylation is 3. The molecule has 6 heteroatoms. The van der Waals surface area contributed by atoms with Crippen LogP contribution in [0.3, 0.4) is 0 Å². The number of benzene rings is 1. The highest BCUT2D eigenvalue weighted by Crippen LogP contribution is 2.20. The Bertz CT molecular complexity index is 882. The van der Waals surface area contributed by atoms with E-state index in [1.54, 1.807) is 12.1 Å². The van der Waals surface area contributed by atoms with Gasteiger partial charge in [0.2, 0.25) is 0 Å². The van der Waals surface area contributed by atoms with Crippen molar-refractivity contribution >= 4 is 16.9 Å². The number of hydrogen-bond donors (Lipinski definition) is 0. The largest absolute Gasteiger partial charge is 0.308 e. The van der Waals surface area contributed by atoms with Gasteiger partial charge in [0.25, 0.3) is 5.69 Å². The fourth-order valence-corrected chi connectivity index (χ4v) is 2.62. The average molecular weight is 310 g/mol. The van der Waals surface area contributed by atoms with Crippen LogP contribution in [0.5, 0.6) is 0 Å². The fourth-order valence-electron chi connectivity index (χ4n) is 2.62. The van der Waals surface area contributed by atoms with Crippen molar-refractivity contribution in [3.8, 4) is 0 Å². The van der Waals surface area contributed by atoms with E-state index < -0.39 is 0 Å². The summed E-state index contributed by atoms with van der Waals surface area (Å²) in [4.78, 5) is 19.7. The summed E-state index contributed by atoms with van der Waals surface area (Å²) in [6.07, 6.45) is 0.807. The fraction of sp³-hybridized carbons (Fsp3) is 0.294. The molecule has 0 fully saturated rings. The lowest BCUT2D eigenvalue weighted by Crippen LogP contribution is -2.06. The van der Waals surface area contributed by atoms with Gasteiger partial charge >= 0.3 is 0 Å². The first-order chi connectivity index (χ1) is 11.0. The summed E-state index contributed by atoms with van der Waals surface area (Å²) in [6, 6.07) is 8.68. The van der Waals surface area contributed by atoms with E-state index in [1.165, 1.54) is 12.1 Å². The molecule has 0 atom stereocenters. The van der Waals surface area contributed by atoms with Crippen LogP contribution in [0.15, 0.2) is 30.3 Å². The molecule has 0 saturated carbocycles. The molecular weight excluding hydrogens is 292 g/mol. The van der Waals surface area contributed by atoms with Crippen molar-refractivity contribution < 1.29 is 4.92 Å². The Morgan fingerprint density at radius 3 is 2.48 bits per heavy atom. The van der Waals surface area contributed by atoms with Gasteiger partial charge in [0.05, 0.1) is 11.5 Å². The molecule has 2 aromatic heterocycles. The number of hydrogen-bond acceptors (Lipinski definition) is 4. The van der Waals surface area contributed by atoms with Gasteiger partial charge in [0.1, 0.15) is 11.3 Å².